The quantitative estimate of drug-likeness (QED) is 0.212. The Balaban J connectivity index is 1.18. The summed E-state index contributed by atoms with van der Waals surface area (Å²) >= 11 is 0. The number of benzene rings is 1. The number of fused-ring (bicyclic) bond motifs is 8. The molecule has 1 N–H and O–H groups in total. The Morgan fingerprint density at radius 1 is 0.867 bits per heavy atom. The Labute approximate surface area is 269 Å². The molecule has 6 nitrogen and oxygen atoms in total. The summed E-state index contributed by atoms with van der Waals surface area (Å²) in [6.07, 6.45) is 9.80. The molecule has 7 rings (SSSR count). The van der Waals surface area contributed by atoms with Gasteiger partial charge in [-0.05, 0) is 135 Å². The lowest BCUT2D eigenvalue weighted by Gasteiger charge is -2.72. The number of carbonyl (C=O) groups is 3. The van der Waals surface area contributed by atoms with Crippen LogP contribution >= 0.6 is 0 Å². The average Bonchev–Trinajstić information content (AvgIpc) is 3.51. The Morgan fingerprint density at radius 2 is 1.53 bits per heavy atom. The molecule has 1 heterocycles. The van der Waals surface area contributed by atoms with Crippen molar-refractivity contribution in [3.05, 3.63) is 47.5 Å². The zero-order chi connectivity index (χ0) is 32.3. The van der Waals surface area contributed by atoms with Gasteiger partial charge in [0.15, 0.2) is 6.73 Å². The van der Waals surface area contributed by atoms with Gasteiger partial charge in [0.2, 0.25) is 0 Å². The van der Waals surface area contributed by atoms with Gasteiger partial charge in [-0.1, -0.05) is 58.9 Å². The molecular weight excluding hydrogens is 562 g/mol. The minimum atomic E-state index is -0.617. The molecule has 5 aliphatic carbocycles. The average molecular weight is 616 g/mol. The molecule has 1 aromatic carbocycles. The molecule has 1 aromatic rings. The Bertz CT molecular complexity index is 1430. The van der Waals surface area contributed by atoms with Crippen molar-refractivity contribution in [1.29, 1.82) is 0 Å². The van der Waals surface area contributed by atoms with Crippen LogP contribution in [0, 0.1) is 56.7 Å². The van der Waals surface area contributed by atoms with E-state index in [0.717, 1.165) is 68.3 Å². The van der Waals surface area contributed by atoms with Crippen LogP contribution in [0.2, 0.25) is 0 Å². The predicted octanol–water partition coefficient (Wildman–Crippen LogP) is 7.80. The van der Waals surface area contributed by atoms with Crippen molar-refractivity contribution in [2.45, 2.75) is 112 Å². The molecular formula is C39H53NO5. The fraction of sp³-hybridized carbons (Fsp3) is 0.718. The normalized spacial score (nSPS) is 44.7. The molecule has 45 heavy (non-hydrogen) atoms. The van der Waals surface area contributed by atoms with Gasteiger partial charge in [-0.15, -0.1) is 0 Å². The number of imide groups is 1. The smallest absolute Gasteiger partial charge is 0.314 e. The highest BCUT2D eigenvalue weighted by atomic mass is 16.5. The molecule has 1 aliphatic heterocycles. The van der Waals surface area contributed by atoms with Gasteiger partial charge >= 0.3 is 5.97 Å². The summed E-state index contributed by atoms with van der Waals surface area (Å²) < 4.78 is 6.03. The summed E-state index contributed by atoms with van der Waals surface area (Å²) in [5.41, 5.74) is 1.64. The zero-order valence-electron chi connectivity index (χ0n) is 28.3. The number of allylic oxidation sites excluding steroid dienone is 1. The number of aliphatic hydroxyl groups excluding tert-OH is 1. The highest BCUT2D eigenvalue weighted by Gasteiger charge is 2.72. The second-order valence-corrected chi connectivity index (χ2v) is 17.4. The predicted molar refractivity (Wildman–Crippen MR) is 173 cm³/mol. The van der Waals surface area contributed by atoms with Gasteiger partial charge in [-0.3, -0.25) is 14.4 Å². The van der Waals surface area contributed by atoms with Gasteiger partial charge in [0.1, 0.15) is 0 Å². The topological polar surface area (TPSA) is 83.9 Å². The second-order valence-electron chi connectivity index (χ2n) is 17.4. The number of aliphatic hydroxyl groups is 1. The van der Waals surface area contributed by atoms with Crippen LogP contribution < -0.4 is 0 Å². The van der Waals surface area contributed by atoms with Gasteiger partial charge < -0.3 is 9.84 Å². The van der Waals surface area contributed by atoms with Crippen molar-refractivity contribution in [3.8, 4) is 0 Å². The van der Waals surface area contributed by atoms with E-state index >= 15 is 0 Å². The minimum absolute atomic E-state index is 0.0759. The molecule has 10 atom stereocenters. The van der Waals surface area contributed by atoms with E-state index in [4.69, 9.17) is 4.74 Å². The SMILES string of the molecule is C=C(C)[C@@H]1CC[C@]2(C(=O)OCN3C(=O)c4ccccc4C3=O)CC[C@]3(C)[C@H](CC[C@@H]4[C@@]5(C)CC[C@H](O)C(C)(C)[C@@H]5CC[C@]43C)[C@@H]12. The van der Waals surface area contributed by atoms with Gasteiger partial charge in [0.25, 0.3) is 11.8 Å². The fourth-order valence-electron chi connectivity index (χ4n) is 13.1. The van der Waals surface area contributed by atoms with E-state index in [2.05, 4.69) is 48.1 Å². The number of rotatable bonds is 4. The lowest BCUT2D eigenvalue weighted by Crippen LogP contribution is -2.67. The van der Waals surface area contributed by atoms with Crippen LogP contribution in [0.4, 0.5) is 0 Å². The summed E-state index contributed by atoms with van der Waals surface area (Å²) in [5, 5.41) is 11.0. The van der Waals surface area contributed by atoms with Crippen LogP contribution in [0.25, 0.3) is 0 Å². The van der Waals surface area contributed by atoms with Crippen LogP contribution in [-0.4, -0.2) is 40.6 Å². The lowest BCUT2D eigenvalue weighted by molar-refractivity contribution is -0.248. The highest BCUT2D eigenvalue weighted by molar-refractivity contribution is 6.21. The molecule has 0 saturated heterocycles. The fourth-order valence-corrected chi connectivity index (χ4v) is 13.1. The highest BCUT2D eigenvalue weighted by Crippen LogP contribution is 2.77. The first kappa shape index (κ1) is 31.1. The molecule has 6 heteroatoms. The molecule has 5 fully saturated rings. The van der Waals surface area contributed by atoms with Crippen molar-refractivity contribution in [2.75, 3.05) is 6.73 Å². The summed E-state index contributed by atoms with van der Waals surface area (Å²) in [7, 11) is 0. The summed E-state index contributed by atoms with van der Waals surface area (Å²) in [6, 6.07) is 6.81. The largest absolute Gasteiger partial charge is 0.443 e. The third kappa shape index (κ3) is 3.93. The zero-order valence-corrected chi connectivity index (χ0v) is 28.3. The van der Waals surface area contributed by atoms with E-state index in [0.29, 0.717) is 28.9 Å². The van der Waals surface area contributed by atoms with Crippen molar-refractivity contribution in [1.82, 2.24) is 4.90 Å². The van der Waals surface area contributed by atoms with Gasteiger partial charge in [0, 0.05) is 0 Å². The van der Waals surface area contributed by atoms with Crippen molar-refractivity contribution >= 4 is 17.8 Å². The standard InChI is InChI=1S/C39H53NO5/c1-23(2)24-14-19-39(34(44)45-22-40-32(42)25-10-8-9-11-26(25)33(40)43)21-20-37(6)27(31(24)39)12-13-29-36(5)17-16-30(41)35(3,4)28(36)15-18-38(29,37)7/h8-11,24,27-31,41H,1,12-22H2,2-7H3/t24-,27+,28-,29+,30-,31+,36-,37+,38+,39-/m0/s1. The number of esters is 1. The molecule has 0 bridgehead atoms. The maximum atomic E-state index is 14.4. The van der Waals surface area contributed by atoms with Crippen LogP contribution in [0.1, 0.15) is 126 Å². The van der Waals surface area contributed by atoms with E-state index < -0.39 is 17.2 Å². The van der Waals surface area contributed by atoms with Gasteiger partial charge in [-0.2, -0.15) is 0 Å². The molecule has 5 saturated carbocycles. The maximum Gasteiger partial charge on any atom is 0.314 e. The molecule has 0 aromatic heterocycles. The monoisotopic (exact) mass is 615 g/mol. The molecule has 2 amide bonds. The second kappa shape index (κ2) is 10.0. The third-order valence-electron chi connectivity index (χ3n) is 15.7. The Hall–Kier alpha value is -2.47. The van der Waals surface area contributed by atoms with Gasteiger partial charge in [-0.25, -0.2) is 4.90 Å². The summed E-state index contributed by atoms with van der Waals surface area (Å²) in [6.45, 7) is 18.5. The lowest BCUT2D eigenvalue weighted by atomic mass is 9.32. The van der Waals surface area contributed by atoms with Crippen molar-refractivity contribution in [2.24, 2.45) is 56.7 Å². The first-order valence-corrected chi connectivity index (χ1v) is 17.6. The molecule has 0 unspecified atom stereocenters. The van der Waals surface area contributed by atoms with Crippen LogP contribution in [-0.2, 0) is 9.53 Å². The maximum absolute atomic E-state index is 14.4. The molecule has 6 aliphatic rings. The van der Waals surface area contributed by atoms with E-state index in [-0.39, 0.29) is 52.3 Å². The van der Waals surface area contributed by atoms with Crippen LogP contribution in [0.5, 0.6) is 0 Å². The Morgan fingerprint density at radius 3 is 2.18 bits per heavy atom. The van der Waals surface area contributed by atoms with E-state index in [9.17, 15) is 19.5 Å². The van der Waals surface area contributed by atoms with Gasteiger partial charge in [0.05, 0.1) is 22.6 Å². The molecule has 244 valence electrons. The molecule has 0 radical (unpaired) electrons. The number of ether oxygens (including phenoxy) is 1. The van der Waals surface area contributed by atoms with E-state index in [1.54, 1.807) is 24.3 Å². The Kier molecular flexibility index (Phi) is 6.93. The summed E-state index contributed by atoms with van der Waals surface area (Å²) in [4.78, 5) is 41.5. The van der Waals surface area contributed by atoms with Crippen LogP contribution in [0.15, 0.2) is 36.4 Å². The number of hydrogen-bond donors (Lipinski definition) is 1. The van der Waals surface area contributed by atoms with E-state index in [1.807, 2.05) is 0 Å². The third-order valence-corrected chi connectivity index (χ3v) is 15.7. The van der Waals surface area contributed by atoms with Crippen LogP contribution in [0.3, 0.4) is 0 Å². The first-order valence-electron chi connectivity index (χ1n) is 17.6. The van der Waals surface area contributed by atoms with Crippen molar-refractivity contribution < 1.29 is 24.2 Å². The minimum Gasteiger partial charge on any atom is -0.443 e. The number of amides is 2. The number of carbonyl (C=O) groups excluding carboxylic acids is 3. The molecule has 0 spiro atoms. The summed E-state index contributed by atoms with van der Waals surface area (Å²) in [5.74, 6) is 0.874. The van der Waals surface area contributed by atoms with E-state index in [1.165, 1.54) is 6.42 Å². The number of hydrogen-bond acceptors (Lipinski definition) is 5. The first-order chi connectivity index (χ1) is 21.1. The van der Waals surface area contributed by atoms with Crippen molar-refractivity contribution in [3.63, 3.8) is 0 Å². The number of nitrogens with zero attached hydrogens (tertiary/aromatic N) is 1.